The maximum Gasteiger partial charge on any atom is 0.101 e. The Hall–Kier alpha value is -1.95. The van der Waals surface area contributed by atoms with E-state index < -0.39 is 0 Å². The molecule has 2 aromatic rings. The monoisotopic (exact) mass is 253 g/mol. The molecule has 2 N–H and O–H groups in total. The lowest BCUT2D eigenvalue weighted by molar-refractivity contribution is 0.225. The van der Waals surface area contributed by atoms with Crippen LogP contribution in [-0.4, -0.2) is 11.5 Å². The molecule has 3 rings (SSSR count). The number of hydrogen-bond donors (Lipinski definition) is 2. The summed E-state index contributed by atoms with van der Waals surface area (Å²) in [7, 11) is 0. The van der Waals surface area contributed by atoms with E-state index in [1.54, 1.807) is 6.20 Å². The molecule has 3 nitrogen and oxygen atoms in total. The van der Waals surface area contributed by atoms with Crippen molar-refractivity contribution in [2.75, 3.05) is 11.9 Å². The number of H-pyrrole nitrogens is 1. The van der Waals surface area contributed by atoms with Crippen molar-refractivity contribution in [3.05, 3.63) is 29.5 Å². The number of aromatic nitrogens is 1. The first-order valence-corrected chi connectivity index (χ1v) is 6.93. The molecule has 1 aromatic carbocycles. The first-order valence-electron chi connectivity index (χ1n) is 6.93. The molecular formula is C16H19N3. The molecule has 1 heterocycles. The zero-order chi connectivity index (χ0) is 13.4. The van der Waals surface area contributed by atoms with E-state index in [-0.39, 0.29) is 0 Å². The van der Waals surface area contributed by atoms with Crippen molar-refractivity contribution in [2.24, 2.45) is 11.8 Å². The fourth-order valence-electron chi connectivity index (χ4n) is 3.15. The zero-order valence-electron chi connectivity index (χ0n) is 11.5. The summed E-state index contributed by atoms with van der Waals surface area (Å²) in [5.74, 6) is 1.69. The van der Waals surface area contributed by atoms with Crippen LogP contribution in [-0.2, 0) is 0 Å². The molecule has 1 aromatic heterocycles. The molecule has 0 bridgehead atoms. The Morgan fingerprint density at radius 1 is 1.42 bits per heavy atom. The van der Waals surface area contributed by atoms with Crippen LogP contribution >= 0.6 is 0 Å². The summed E-state index contributed by atoms with van der Waals surface area (Å²) in [6.07, 6.45) is 4.46. The SMILES string of the molecule is Cc1ccc(NCC2CC(C)C2)c2[nH]cc(C#N)c12. The van der Waals surface area contributed by atoms with Gasteiger partial charge in [0, 0.05) is 18.1 Å². The number of aryl methyl sites for hydroxylation is 1. The van der Waals surface area contributed by atoms with Crippen molar-refractivity contribution < 1.29 is 0 Å². The number of nitrogens with zero attached hydrogens (tertiary/aromatic N) is 1. The number of benzene rings is 1. The minimum atomic E-state index is 0.730. The van der Waals surface area contributed by atoms with Crippen LogP contribution < -0.4 is 5.32 Å². The summed E-state index contributed by atoms with van der Waals surface area (Å²) in [5.41, 5.74) is 4.05. The normalized spacial score (nSPS) is 21.9. The van der Waals surface area contributed by atoms with Crippen LogP contribution in [0.25, 0.3) is 10.9 Å². The molecule has 0 radical (unpaired) electrons. The number of nitriles is 1. The van der Waals surface area contributed by atoms with E-state index in [2.05, 4.69) is 42.4 Å². The molecule has 1 saturated carbocycles. The first-order chi connectivity index (χ1) is 9.19. The Morgan fingerprint density at radius 3 is 2.89 bits per heavy atom. The van der Waals surface area contributed by atoms with Crippen LogP contribution in [0.2, 0.25) is 0 Å². The second-order valence-electron chi connectivity index (χ2n) is 5.82. The van der Waals surface area contributed by atoms with Gasteiger partial charge in [0.1, 0.15) is 6.07 Å². The predicted molar refractivity (Wildman–Crippen MR) is 78.1 cm³/mol. The van der Waals surface area contributed by atoms with Crippen LogP contribution in [0.15, 0.2) is 18.3 Å². The summed E-state index contributed by atoms with van der Waals surface area (Å²) in [4.78, 5) is 3.23. The van der Waals surface area contributed by atoms with Crippen molar-refractivity contribution in [3.8, 4) is 6.07 Å². The van der Waals surface area contributed by atoms with E-state index in [9.17, 15) is 0 Å². The van der Waals surface area contributed by atoms with Gasteiger partial charge in [-0.25, -0.2) is 0 Å². The number of aromatic amines is 1. The molecule has 19 heavy (non-hydrogen) atoms. The van der Waals surface area contributed by atoms with E-state index >= 15 is 0 Å². The predicted octanol–water partition coefficient (Wildman–Crippen LogP) is 3.81. The van der Waals surface area contributed by atoms with Gasteiger partial charge in [-0.3, -0.25) is 0 Å². The van der Waals surface area contributed by atoms with Gasteiger partial charge in [-0.15, -0.1) is 0 Å². The first kappa shape index (κ1) is 12.1. The molecule has 0 spiro atoms. The largest absolute Gasteiger partial charge is 0.383 e. The second kappa shape index (κ2) is 4.62. The number of hydrogen-bond acceptors (Lipinski definition) is 2. The van der Waals surface area contributed by atoms with Gasteiger partial charge in [0.05, 0.1) is 16.8 Å². The van der Waals surface area contributed by atoms with Crippen molar-refractivity contribution in [2.45, 2.75) is 26.7 Å². The van der Waals surface area contributed by atoms with Gasteiger partial charge >= 0.3 is 0 Å². The molecule has 1 fully saturated rings. The van der Waals surface area contributed by atoms with Crippen molar-refractivity contribution >= 4 is 16.6 Å². The maximum absolute atomic E-state index is 9.14. The molecule has 98 valence electrons. The maximum atomic E-state index is 9.14. The van der Waals surface area contributed by atoms with Gasteiger partial charge in [0.15, 0.2) is 0 Å². The summed E-state index contributed by atoms with van der Waals surface area (Å²) >= 11 is 0. The molecule has 0 saturated heterocycles. The van der Waals surface area contributed by atoms with Gasteiger partial charge < -0.3 is 10.3 Å². The van der Waals surface area contributed by atoms with Crippen LogP contribution in [0.4, 0.5) is 5.69 Å². The molecule has 0 amide bonds. The highest BCUT2D eigenvalue weighted by atomic mass is 14.9. The average Bonchev–Trinajstić information content (AvgIpc) is 2.80. The molecule has 3 heteroatoms. The van der Waals surface area contributed by atoms with E-state index in [1.807, 2.05) is 0 Å². The van der Waals surface area contributed by atoms with Crippen LogP contribution in [0.3, 0.4) is 0 Å². The lowest BCUT2D eigenvalue weighted by Crippen LogP contribution is -2.27. The van der Waals surface area contributed by atoms with Crippen LogP contribution in [0.5, 0.6) is 0 Å². The Morgan fingerprint density at radius 2 is 2.21 bits per heavy atom. The van der Waals surface area contributed by atoms with E-state index in [0.717, 1.165) is 46.1 Å². The summed E-state index contributed by atoms with van der Waals surface area (Å²) in [6, 6.07) is 6.45. The number of fused-ring (bicyclic) bond motifs is 1. The third-order valence-corrected chi connectivity index (χ3v) is 4.22. The van der Waals surface area contributed by atoms with E-state index in [4.69, 9.17) is 5.26 Å². The zero-order valence-corrected chi connectivity index (χ0v) is 11.5. The van der Waals surface area contributed by atoms with Crippen LogP contribution in [0, 0.1) is 30.1 Å². The molecule has 0 atom stereocenters. The van der Waals surface area contributed by atoms with E-state index in [1.165, 1.54) is 12.8 Å². The fraction of sp³-hybridized carbons (Fsp3) is 0.438. The summed E-state index contributed by atoms with van der Waals surface area (Å²) in [5, 5.41) is 13.7. The number of anilines is 1. The van der Waals surface area contributed by atoms with Gasteiger partial charge in [0.2, 0.25) is 0 Å². The van der Waals surface area contributed by atoms with Crippen molar-refractivity contribution in [1.29, 1.82) is 5.26 Å². The topological polar surface area (TPSA) is 51.6 Å². The minimum absolute atomic E-state index is 0.730. The molecule has 1 aliphatic rings. The number of rotatable bonds is 3. The third kappa shape index (κ3) is 2.08. The number of nitrogens with one attached hydrogen (secondary N) is 2. The summed E-state index contributed by atoms with van der Waals surface area (Å²) < 4.78 is 0. The highest BCUT2D eigenvalue weighted by Crippen LogP contribution is 2.34. The van der Waals surface area contributed by atoms with Crippen molar-refractivity contribution in [1.82, 2.24) is 4.98 Å². The van der Waals surface area contributed by atoms with Gasteiger partial charge in [-0.1, -0.05) is 13.0 Å². The minimum Gasteiger partial charge on any atom is -0.383 e. The molecule has 0 aliphatic heterocycles. The van der Waals surface area contributed by atoms with Gasteiger partial charge in [0.25, 0.3) is 0 Å². The second-order valence-corrected chi connectivity index (χ2v) is 5.82. The van der Waals surface area contributed by atoms with Gasteiger partial charge in [-0.05, 0) is 43.2 Å². The third-order valence-electron chi connectivity index (χ3n) is 4.22. The average molecular weight is 253 g/mol. The summed E-state index contributed by atoms with van der Waals surface area (Å²) in [6.45, 7) is 5.39. The molecular weight excluding hydrogens is 234 g/mol. The molecule has 0 unspecified atom stereocenters. The van der Waals surface area contributed by atoms with Crippen LogP contribution in [0.1, 0.15) is 30.9 Å². The highest BCUT2D eigenvalue weighted by Gasteiger charge is 2.25. The fourth-order valence-corrected chi connectivity index (χ4v) is 3.15. The molecule has 1 aliphatic carbocycles. The Balaban J connectivity index is 1.86. The Bertz CT molecular complexity index is 642. The lowest BCUT2D eigenvalue weighted by atomic mass is 9.76. The Labute approximate surface area is 113 Å². The van der Waals surface area contributed by atoms with E-state index in [0.29, 0.717) is 0 Å². The van der Waals surface area contributed by atoms with Gasteiger partial charge in [-0.2, -0.15) is 5.26 Å². The standard InChI is InChI=1S/C16H19N3/c1-10-5-12(6-10)8-18-14-4-3-11(2)15-13(7-17)9-19-16(14)15/h3-4,9-10,12,18-19H,5-6,8H2,1-2H3. The smallest absolute Gasteiger partial charge is 0.101 e. The lowest BCUT2D eigenvalue weighted by Gasteiger charge is -2.33. The highest BCUT2D eigenvalue weighted by molar-refractivity contribution is 5.97. The Kier molecular flexibility index (Phi) is 2.94. The van der Waals surface area contributed by atoms with Crippen molar-refractivity contribution in [3.63, 3.8) is 0 Å². The quantitative estimate of drug-likeness (QED) is 0.874.